The number of aryl methyl sites for hydroxylation is 1. The number of carbonyl (C=O) groups excluding carboxylic acids is 1. The van der Waals surface area contributed by atoms with Crippen LogP contribution in [0.2, 0.25) is 0 Å². The van der Waals surface area contributed by atoms with Gasteiger partial charge in [-0.25, -0.2) is 0 Å². The number of anilines is 1. The third-order valence-corrected chi connectivity index (χ3v) is 5.35. The first kappa shape index (κ1) is 19.2. The molecule has 2 aromatic carbocycles. The Bertz CT molecular complexity index is 781. The van der Waals surface area contributed by atoms with E-state index in [1.165, 1.54) is 0 Å². The lowest BCUT2D eigenvalue weighted by molar-refractivity contribution is -0.121. The zero-order valence-corrected chi connectivity index (χ0v) is 16.1. The molecule has 0 aromatic heterocycles. The van der Waals surface area contributed by atoms with Crippen molar-refractivity contribution in [1.82, 2.24) is 0 Å². The first-order valence-electron chi connectivity index (χ1n) is 9.48. The molecule has 0 spiro atoms. The quantitative estimate of drug-likeness (QED) is 0.780. The highest BCUT2D eigenvalue weighted by Crippen LogP contribution is 2.43. The van der Waals surface area contributed by atoms with Gasteiger partial charge in [-0.3, -0.25) is 4.79 Å². The predicted octanol–water partition coefficient (Wildman–Crippen LogP) is 3.79. The first-order chi connectivity index (χ1) is 13.1. The number of hydrogen-bond acceptors (Lipinski definition) is 4. The normalized spacial score (nSPS) is 15.4. The summed E-state index contributed by atoms with van der Waals surface area (Å²) in [5.41, 5.74) is 7.82. The molecule has 0 radical (unpaired) electrons. The molecule has 0 aliphatic heterocycles. The number of hydrogen-bond donors (Lipinski definition) is 2. The van der Waals surface area contributed by atoms with Crippen LogP contribution in [0.1, 0.15) is 36.8 Å². The van der Waals surface area contributed by atoms with E-state index >= 15 is 0 Å². The molecule has 1 fully saturated rings. The van der Waals surface area contributed by atoms with Crippen molar-refractivity contribution in [3.05, 3.63) is 53.6 Å². The molecule has 0 saturated heterocycles. The van der Waals surface area contributed by atoms with Crippen molar-refractivity contribution in [3.8, 4) is 11.5 Å². The molecule has 0 unspecified atom stereocenters. The van der Waals surface area contributed by atoms with Gasteiger partial charge in [0.05, 0.1) is 12.5 Å². The van der Waals surface area contributed by atoms with Crippen molar-refractivity contribution in [3.63, 3.8) is 0 Å². The number of ether oxygens (including phenoxy) is 2. The fourth-order valence-corrected chi connectivity index (χ4v) is 3.81. The minimum absolute atomic E-state index is 0.0431. The Morgan fingerprint density at radius 3 is 2.48 bits per heavy atom. The summed E-state index contributed by atoms with van der Waals surface area (Å²) in [5.74, 6) is 1.62. The zero-order valence-electron chi connectivity index (χ0n) is 16.1. The Balaban J connectivity index is 1.81. The van der Waals surface area contributed by atoms with Crippen LogP contribution in [0.3, 0.4) is 0 Å². The van der Waals surface area contributed by atoms with Gasteiger partial charge in [0, 0.05) is 12.2 Å². The second-order valence-electron chi connectivity index (χ2n) is 7.09. The lowest BCUT2D eigenvalue weighted by Gasteiger charge is -2.29. The fourth-order valence-electron chi connectivity index (χ4n) is 3.81. The lowest BCUT2D eigenvalue weighted by Crippen LogP contribution is -2.38. The molecular weight excluding hydrogens is 340 g/mol. The number of methoxy groups -OCH3 is 1. The molecule has 1 aliphatic carbocycles. The van der Waals surface area contributed by atoms with Crippen LogP contribution >= 0.6 is 0 Å². The van der Waals surface area contributed by atoms with Crippen LogP contribution in [0.4, 0.5) is 5.69 Å². The first-order valence-corrected chi connectivity index (χ1v) is 9.48. The Morgan fingerprint density at radius 2 is 1.85 bits per heavy atom. The molecule has 0 heterocycles. The van der Waals surface area contributed by atoms with Gasteiger partial charge in [-0.05, 0) is 61.2 Å². The van der Waals surface area contributed by atoms with Crippen LogP contribution in [0, 0.1) is 6.92 Å². The third kappa shape index (κ3) is 4.08. The van der Waals surface area contributed by atoms with Crippen LogP contribution in [0.25, 0.3) is 0 Å². The van der Waals surface area contributed by atoms with Crippen molar-refractivity contribution in [2.75, 3.05) is 25.6 Å². The van der Waals surface area contributed by atoms with E-state index in [1.807, 2.05) is 43.3 Å². The van der Waals surface area contributed by atoms with Gasteiger partial charge >= 0.3 is 0 Å². The molecule has 144 valence electrons. The molecular formula is C22H28N2O3. The average molecular weight is 368 g/mol. The molecule has 5 nitrogen and oxygen atoms in total. The number of carbonyl (C=O) groups is 1. The molecule has 27 heavy (non-hydrogen) atoms. The van der Waals surface area contributed by atoms with E-state index in [2.05, 4.69) is 11.4 Å². The minimum atomic E-state index is -0.504. The van der Waals surface area contributed by atoms with Gasteiger partial charge in [0.1, 0.15) is 18.1 Å². The summed E-state index contributed by atoms with van der Waals surface area (Å²) in [7, 11) is 1.67. The molecule has 1 aliphatic rings. The van der Waals surface area contributed by atoms with E-state index in [-0.39, 0.29) is 5.91 Å². The second kappa shape index (κ2) is 8.44. The number of benzene rings is 2. The van der Waals surface area contributed by atoms with Crippen LogP contribution < -0.4 is 20.5 Å². The Labute approximate surface area is 160 Å². The molecule has 1 amide bonds. The topological polar surface area (TPSA) is 73.6 Å². The second-order valence-corrected chi connectivity index (χ2v) is 7.09. The molecule has 0 atom stereocenters. The largest absolute Gasteiger partial charge is 0.496 e. The summed E-state index contributed by atoms with van der Waals surface area (Å²) in [6.45, 7) is 2.96. The van der Waals surface area contributed by atoms with Crippen molar-refractivity contribution >= 4 is 11.6 Å². The maximum Gasteiger partial charge on any atom is 0.235 e. The number of nitrogens with one attached hydrogen (secondary N) is 1. The summed E-state index contributed by atoms with van der Waals surface area (Å²) in [4.78, 5) is 13.3. The van der Waals surface area contributed by atoms with Gasteiger partial charge < -0.3 is 20.5 Å². The van der Waals surface area contributed by atoms with Gasteiger partial charge in [-0.1, -0.05) is 25.0 Å². The van der Waals surface area contributed by atoms with Gasteiger partial charge in [0.2, 0.25) is 5.91 Å². The maximum absolute atomic E-state index is 13.3. The van der Waals surface area contributed by atoms with Gasteiger partial charge in [0.25, 0.3) is 0 Å². The van der Waals surface area contributed by atoms with Crippen molar-refractivity contribution in [2.24, 2.45) is 5.73 Å². The maximum atomic E-state index is 13.3. The molecule has 3 N–H and O–H groups in total. The summed E-state index contributed by atoms with van der Waals surface area (Å²) in [5, 5.41) is 3.10. The van der Waals surface area contributed by atoms with E-state index in [9.17, 15) is 4.79 Å². The van der Waals surface area contributed by atoms with Gasteiger partial charge in [0.15, 0.2) is 0 Å². The van der Waals surface area contributed by atoms with Gasteiger partial charge in [-0.15, -0.1) is 0 Å². The highest BCUT2D eigenvalue weighted by molar-refractivity contribution is 5.99. The number of nitrogens with two attached hydrogens (primary N) is 1. The number of amides is 1. The molecule has 1 saturated carbocycles. The Hall–Kier alpha value is -2.53. The van der Waals surface area contributed by atoms with E-state index in [1.54, 1.807) is 7.11 Å². The minimum Gasteiger partial charge on any atom is -0.496 e. The highest BCUT2D eigenvalue weighted by Gasteiger charge is 2.43. The van der Waals surface area contributed by atoms with E-state index in [0.717, 1.165) is 54.0 Å². The zero-order chi connectivity index (χ0) is 19.3. The number of rotatable bonds is 7. The SMILES string of the molecule is COc1cc(C2(C(=O)Nc3ccc(OCCN)cc3)CCCC2)ccc1C. The lowest BCUT2D eigenvalue weighted by atomic mass is 9.77. The smallest absolute Gasteiger partial charge is 0.235 e. The summed E-state index contributed by atoms with van der Waals surface area (Å²) < 4.78 is 11.0. The van der Waals surface area contributed by atoms with Gasteiger partial charge in [-0.2, -0.15) is 0 Å². The van der Waals surface area contributed by atoms with E-state index in [4.69, 9.17) is 15.2 Å². The standard InChI is InChI=1S/C22H28N2O3/c1-16-5-6-17(15-20(16)26-2)22(11-3-4-12-22)21(25)24-18-7-9-19(10-8-18)27-14-13-23/h5-10,15H,3-4,11-14,23H2,1-2H3,(H,24,25). The highest BCUT2D eigenvalue weighted by atomic mass is 16.5. The van der Waals surface area contributed by atoms with E-state index < -0.39 is 5.41 Å². The van der Waals surface area contributed by atoms with Crippen LogP contribution in [0.5, 0.6) is 11.5 Å². The average Bonchev–Trinajstić information content (AvgIpc) is 3.19. The Morgan fingerprint density at radius 1 is 1.15 bits per heavy atom. The Kier molecular flexibility index (Phi) is 6.01. The van der Waals surface area contributed by atoms with Crippen LogP contribution in [-0.4, -0.2) is 26.2 Å². The monoisotopic (exact) mass is 368 g/mol. The van der Waals surface area contributed by atoms with E-state index in [0.29, 0.717) is 13.2 Å². The predicted molar refractivity (Wildman–Crippen MR) is 107 cm³/mol. The molecule has 3 rings (SSSR count). The van der Waals surface area contributed by atoms with Crippen molar-refractivity contribution in [1.29, 1.82) is 0 Å². The molecule has 0 bridgehead atoms. The van der Waals surface area contributed by atoms with Crippen LogP contribution in [0.15, 0.2) is 42.5 Å². The van der Waals surface area contributed by atoms with Crippen molar-refractivity contribution < 1.29 is 14.3 Å². The fraction of sp³-hybridized carbons (Fsp3) is 0.409. The summed E-state index contributed by atoms with van der Waals surface area (Å²) in [6.07, 6.45) is 3.80. The third-order valence-electron chi connectivity index (χ3n) is 5.35. The summed E-state index contributed by atoms with van der Waals surface area (Å²) >= 11 is 0. The van der Waals surface area contributed by atoms with Crippen molar-refractivity contribution in [2.45, 2.75) is 38.0 Å². The van der Waals surface area contributed by atoms with Crippen LogP contribution in [-0.2, 0) is 10.2 Å². The molecule has 5 heteroatoms. The summed E-state index contributed by atoms with van der Waals surface area (Å²) in [6, 6.07) is 13.5. The molecule has 2 aromatic rings.